The van der Waals surface area contributed by atoms with Crippen molar-refractivity contribution in [2.75, 3.05) is 51.7 Å². The van der Waals surface area contributed by atoms with E-state index in [4.69, 9.17) is 37.9 Å². The molecule has 11 aromatic rings. The van der Waals surface area contributed by atoms with E-state index in [0.29, 0.717) is 38.3 Å². The summed E-state index contributed by atoms with van der Waals surface area (Å²) >= 11 is 0. The fraction of sp³-hybridized carbons (Fsp3) is 0.489. The fourth-order valence-electron chi connectivity index (χ4n) is 22.1. The van der Waals surface area contributed by atoms with Gasteiger partial charge in [0.2, 0.25) is 0 Å². The number of rotatable bonds is 66. The minimum absolute atomic E-state index is 0.560. The maximum Gasteiger partial charge on any atom is 0.161 e. The Hall–Kier alpha value is -10.7. The average molecular weight is 2000 g/mol. The molecule has 0 saturated heterocycles. The van der Waals surface area contributed by atoms with Crippen LogP contribution in [-0.4, -0.2) is 54.8 Å². The Bertz CT molecular complexity index is 5790. The number of benzene rings is 11. The third kappa shape index (κ3) is 31.3. The first-order valence-electron chi connectivity index (χ1n) is 58.6. The number of hydrogen-bond donors (Lipinski definition) is 0. The van der Waals surface area contributed by atoms with Crippen molar-refractivity contribution in [3.8, 4) is 107 Å². The molecule has 2 aliphatic carbocycles. The van der Waals surface area contributed by atoms with Crippen LogP contribution >= 0.6 is 0 Å². The molecule has 1 aliphatic heterocycles. The van der Waals surface area contributed by atoms with E-state index in [-0.39, 0.29) is 0 Å². The van der Waals surface area contributed by atoms with Gasteiger partial charge in [-0.25, -0.2) is 0 Å². The second-order valence-corrected chi connectivity index (χ2v) is 48.1. The van der Waals surface area contributed by atoms with E-state index in [2.05, 4.69) is 332 Å². The molecule has 11 aromatic carbocycles. The highest BCUT2D eigenvalue weighted by atomic mass is 28.3. The van der Waals surface area contributed by atoms with Crippen molar-refractivity contribution < 1.29 is 37.9 Å². The molecule has 2 atom stereocenters. The molecular formula is C137H183NO8Si. The third-order valence-electron chi connectivity index (χ3n) is 31.3. The van der Waals surface area contributed by atoms with Crippen LogP contribution in [0.1, 0.15) is 389 Å². The monoisotopic (exact) mass is 2000 g/mol. The summed E-state index contributed by atoms with van der Waals surface area (Å²) in [5.74, 6) is 8.84. The van der Waals surface area contributed by atoms with Crippen LogP contribution in [-0.2, 0) is 5.41 Å². The van der Waals surface area contributed by atoms with Crippen LogP contribution in [0.25, 0.3) is 73.9 Å². The van der Waals surface area contributed by atoms with E-state index in [1.165, 1.54) is 273 Å². The van der Waals surface area contributed by atoms with Crippen LogP contribution in [0.5, 0.6) is 51.7 Å². The Morgan fingerprint density at radius 1 is 0.313 bits per heavy atom. The van der Waals surface area contributed by atoms with Crippen molar-refractivity contribution >= 4 is 48.6 Å². The summed E-state index contributed by atoms with van der Waals surface area (Å²) in [6, 6.07) is 78.4. The number of fused-ring (bicyclic) bond motifs is 12. The van der Waals surface area contributed by atoms with Crippen LogP contribution in [0.3, 0.4) is 0 Å². The van der Waals surface area contributed by atoms with E-state index in [9.17, 15) is 0 Å². The van der Waals surface area contributed by atoms with Gasteiger partial charge in [-0.3, -0.25) is 0 Å². The molecule has 3 aliphatic rings. The van der Waals surface area contributed by atoms with Crippen LogP contribution in [0.4, 0.5) is 17.1 Å². The molecule has 0 aromatic heterocycles. The Balaban J connectivity index is 0.000000280. The van der Waals surface area contributed by atoms with Gasteiger partial charge in [0.25, 0.3) is 0 Å². The number of unbranched alkanes of at least 4 members (excludes halogenated alkanes) is 31. The van der Waals surface area contributed by atoms with Gasteiger partial charge in [-0.2, -0.15) is 0 Å². The second kappa shape index (κ2) is 60.2. The van der Waals surface area contributed by atoms with Gasteiger partial charge in [0.1, 0.15) is 17.2 Å². The molecule has 2 unspecified atom stereocenters. The standard InChI is InChI=1S/C85H111NO6.C52H72O2Si/c1-9-15-20-24-28-32-49-87-81-57-71-72-58-82(88-50-33-29-25-21-16-10-2)84(90-52-35-31-27-23-18-12-4)60-76(72)85(75(71)59-83(81)89-51-34-30-26-22-17-11-3)73-53-62(7)37-45-69(73)70-46-39-65(55-74(70)85)66-40-48-78-80(56-66)92-79-54-63(8)38-47-77(79)86(78)67-41-43-68(44-42-67)91-61-64(14-6)36-19-13-5;1-8-12-14-15-16-17-18-19-20-23-37-55(6,7)49-29-24-28-46(38-49)50-30-22-21-27-43(50)31-32-47-39-51(45(25-10-3)40-52(47)53-5)44-33-35-48(36-34-44)54-41-42(11-4)26-13-9-2/h37-48,53-60,64H,9-36,49-52,61H2,1-8H3;10,21-22,24-25,27-36,38-40,42H,8-9,11-20,23,26,37,41H2,1-7H3/b;25-10+,32-31+. The molecule has 788 valence electrons. The van der Waals surface area contributed by atoms with Gasteiger partial charge in [-0.15, -0.1) is 0 Å². The number of hydrogen-bond acceptors (Lipinski definition) is 9. The first kappa shape index (κ1) is 113. The number of aryl methyl sites for hydroxylation is 2. The molecule has 1 heterocycles. The Kier molecular flexibility index (Phi) is 46.5. The molecule has 0 fully saturated rings. The molecule has 9 nitrogen and oxygen atoms in total. The van der Waals surface area contributed by atoms with Gasteiger partial charge in [0.05, 0.1) is 71.6 Å². The van der Waals surface area contributed by atoms with E-state index in [1.807, 2.05) is 0 Å². The summed E-state index contributed by atoms with van der Waals surface area (Å²) in [6.45, 7) is 36.2. The van der Waals surface area contributed by atoms with Crippen molar-refractivity contribution in [3.05, 3.63) is 262 Å². The lowest BCUT2D eigenvalue weighted by atomic mass is 9.70. The maximum absolute atomic E-state index is 7.09. The molecule has 0 N–H and O–H groups in total. The van der Waals surface area contributed by atoms with Gasteiger partial charge in [0.15, 0.2) is 34.5 Å². The zero-order chi connectivity index (χ0) is 103. The summed E-state index contributed by atoms with van der Waals surface area (Å²) < 4.78 is 53.9. The largest absolute Gasteiger partial charge is 0.496 e. The van der Waals surface area contributed by atoms with E-state index < -0.39 is 13.5 Å². The number of nitrogens with zero attached hydrogens (tertiary/aromatic N) is 1. The lowest BCUT2D eigenvalue weighted by Gasteiger charge is -2.33. The lowest BCUT2D eigenvalue weighted by molar-refractivity contribution is 0.233. The SMILES string of the molecule is C/C=C/c1cc(OC)c(/C=C/c2ccccc2-c2cccc([Si](C)(C)CCCCCCCCCCCC)c2)cc1-c1ccc(OCC(CC)CCCC)cc1.CCCCCCCCOc1cc2c(cc1OCCCCCCCC)C1(c3cc(C)ccc3-c3ccc(-c4ccc5c(c4)Oc4cc(C)ccc4N5c4ccc(OCC(CC)CCCC)cc4)cc31)c1cc(OCCCCCCCC)c(OCCCCCCCC)cc1-2. The van der Waals surface area contributed by atoms with E-state index in [1.54, 1.807) is 12.3 Å². The number of anilines is 3. The van der Waals surface area contributed by atoms with Crippen LogP contribution in [0, 0.1) is 25.7 Å². The molecule has 147 heavy (non-hydrogen) atoms. The number of ether oxygens (including phenoxy) is 8. The Morgan fingerprint density at radius 2 is 0.735 bits per heavy atom. The topological polar surface area (TPSA) is 77.1 Å². The average Bonchev–Trinajstić information content (AvgIpc) is 1.50. The highest BCUT2D eigenvalue weighted by Crippen LogP contribution is 2.66. The minimum Gasteiger partial charge on any atom is -0.496 e. The minimum atomic E-state index is -1.55. The highest BCUT2D eigenvalue weighted by molar-refractivity contribution is 6.89. The lowest BCUT2D eigenvalue weighted by Crippen LogP contribution is -2.41. The second-order valence-electron chi connectivity index (χ2n) is 43.3. The zero-order valence-electron chi connectivity index (χ0n) is 93.5. The van der Waals surface area contributed by atoms with Crippen molar-refractivity contribution in [3.63, 3.8) is 0 Å². The van der Waals surface area contributed by atoms with Gasteiger partial charge >= 0.3 is 0 Å². The van der Waals surface area contributed by atoms with Crippen molar-refractivity contribution in [2.24, 2.45) is 11.8 Å². The Morgan fingerprint density at radius 3 is 1.24 bits per heavy atom. The summed E-state index contributed by atoms with van der Waals surface area (Å²) in [6.07, 6.45) is 61.1. The van der Waals surface area contributed by atoms with Crippen LogP contribution in [0.15, 0.2) is 212 Å². The maximum atomic E-state index is 7.09. The Labute approximate surface area is 891 Å². The number of allylic oxidation sites excluding steroid dienone is 1. The molecule has 0 amide bonds. The quantitative estimate of drug-likeness (QED) is 0.0210. The zero-order valence-corrected chi connectivity index (χ0v) is 94.5. The molecule has 1 spiro atoms. The van der Waals surface area contributed by atoms with Gasteiger partial charge < -0.3 is 42.8 Å². The first-order chi connectivity index (χ1) is 72.1. The third-order valence-corrected chi connectivity index (χ3v) is 34.7. The van der Waals surface area contributed by atoms with Gasteiger partial charge in [-0.1, -0.05) is 451 Å². The molecule has 0 bridgehead atoms. The van der Waals surface area contributed by atoms with Gasteiger partial charge in [-0.05, 0) is 269 Å². The summed E-state index contributed by atoms with van der Waals surface area (Å²) in [4.78, 5) is 2.34. The predicted octanol–water partition coefficient (Wildman–Crippen LogP) is 41.1. The fourth-order valence-corrected chi connectivity index (χ4v) is 24.7. The molecule has 14 rings (SSSR count). The van der Waals surface area contributed by atoms with Gasteiger partial charge in [0, 0.05) is 11.3 Å². The van der Waals surface area contributed by atoms with E-state index >= 15 is 0 Å². The smallest absolute Gasteiger partial charge is 0.161 e. The summed E-state index contributed by atoms with van der Waals surface area (Å²) in [5, 5.41) is 1.56. The summed E-state index contributed by atoms with van der Waals surface area (Å²) in [7, 11) is 0.212. The van der Waals surface area contributed by atoms with Crippen molar-refractivity contribution in [1.82, 2.24) is 0 Å². The van der Waals surface area contributed by atoms with Crippen molar-refractivity contribution in [2.45, 2.75) is 377 Å². The molecule has 10 heteroatoms. The first-order valence-corrected chi connectivity index (χ1v) is 61.8. The predicted molar refractivity (Wildman–Crippen MR) is 633 cm³/mol. The molecule has 0 radical (unpaired) electrons. The highest BCUT2D eigenvalue weighted by Gasteiger charge is 2.53. The summed E-state index contributed by atoms with van der Waals surface area (Å²) in [5.41, 5.74) is 25.0. The van der Waals surface area contributed by atoms with Crippen LogP contribution in [0.2, 0.25) is 19.1 Å². The van der Waals surface area contributed by atoms with Crippen LogP contribution < -0.4 is 48.0 Å². The van der Waals surface area contributed by atoms with E-state index in [0.717, 1.165) is 191 Å². The van der Waals surface area contributed by atoms with Crippen molar-refractivity contribution in [1.29, 1.82) is 0 Å². The molecule has 0 saturated carbocycles. The normalized spacial score (nSPS) is 13.0. The molecular weight excluding hydrogens is 1820 g/mol. The number of methoxy groups -OCH3 is 1.